The number of carbonyl (C=O) groups excluding carboxylic acids is 2. The van der Waals surface area contributed by atoms with Crippen LogP contribution in [0.1, 0.15) is 32.6 Å². The molecule has 4 rings (SSSR count). The molecule has 166 valence electrons. The van der Waals surface area contributed by atoms with E-state index in [1.54, 1.807) is 36.4 Å². The highest BCUT2D eigenvalue weighted by Crippen LogP contribution is 2.30. The van der Waals surface area contributed by atoms with Crippen LogP contribution in [-0.4, -0.2) is 24.9 Å². The summed E-state index contributed by atoms with van der Waals surface area (Å²) in [6.07, 6.45) is 1.60. The molecule has 0 aromatic heterocycles. The minimum absolute atomic E-state index is 0.174. The van der Waals surface area contributed by atoms with E-state index in [4.69, 9.17) is 14.2 Å². The zero-order valence-electron chi connectivity index (χ0n) is 18.2. The summed E-state index contributed by atoms with van der Waals surface area (Å²) in [6, 6.07) is 17.8. The lowest BCUT2D eigenvalue weighted by Crippen LogP contribution is -2.09. The molecule has 33 heavy (non-hydrogen) atoms. The number of aliphatic imine (C=N–C) groups is 1. The van der Waals surface area contributed by atoms with Gasteiger partial charge in [-0.1, -0.05) is 23.8 Å². The molecule has 0 N–H and O–H groups in total. The minimum Gasteiger partial charge on any atom is -0.493 e. The van der Waals surface area contributed by atoms with Gasteiger partial charge in [0.2, 0.25) is 5.90 Å². The van der Waals surface area contributed by atoms with E-state index in [1.807, 2.05) is 44.2 Å². The largest absolute Gasteiger partial charge is 0.493 e. The molecule has 0 atom stereocenters. The van der Waals surface area contributed by atoms with Gasteiger partial charge in [0.1, 0.15) is 0 Å². The fraction of sp³-hybridized carbons (Fsp3) is 0.115. The number of hydrogen-bond donors (Lipinski definition) is 0. The van der Waals surface area contributed by atoms with Crippen LogP contribution in [0.15, 0.2) is 71.4 Å². The third-order valence-corrected chi connectivity index (χ3v) is 6.22. The van der Waals surface area contributed by atoms with E-state index in [0.717, 1.165) is 20.3 Å². The Morgan fingerprint density at radius 2 is 1.76 bits per heavy atom. The van der Waals surface area contributed by atoms with E-state index in [2.05, 4.69) is 27.6 Å². The van der Waals surface area contributed by atoms with Crippen molar-refractivity contribution in [3.05, 3.63) is 97.7 Å². The molecule has 0 unspecified atom stereocenters. The second kappa shape index (κ2) is 9.58. The fourth-order valence-electron chi connectivity index (χ4n) is 3.17. The zero-order valence-corrected chi connectivity index (χ0v) is 20.4. The Hall–Kier alpha value is -3.46. The van der Waals surface area contributed by atoms with Crippen LogP contribution in [0.2, 0.25) is 0 Å². The molecule has 0 saturated carbocycles. The molecule has 3 aromatic rings. The predicted octanol–water partition coefficient (Wildman–Crippen LogP) is 5.48. The van der Waals surface area contributed by atoms with Gasteiger partial charge in [0.05, 0.1) is 12.7 Å². The predicted molar refractivity (Wildman–Crippen MR) is 134 cm³/mol. The van der Waals surface area contributed by atoms with Crippen LogP contribution in [0.4, 0.5) is 0 Å². The summed E-state index contributed by atoms with van der Waals surface area (Å²) in [5.41, 5.74) is 4.13. The quantitative estimate of drug-likeness (QED) is 0.181. The standard InChI is InChI=1S/C26H20INO5/c1-15-4-7-18(8-5-15)25(29)32-22-11-6-17(14-23(22)31-3)13-21-26(30)33-24(28-21)19-9-10-20(27)16(2)12-19/h4-14H,1-3H3/b21-13-. The highest BCUT2D eigenvalue weighted by Gasteiger charge is 2.24. The van der Waals surface area contributed by atoms with Crippen molar-refractivity contribution in [2.75, 3.05) is 7.11 Å². The van der Waals surface area contributed by atoms with E-state index >= 15 is 0 Å². The van der Waals surface area contributed by atoms with Crippen molar-refractivity contribution in [2.45, 2.75) is 13.8 Å². The molecular weight excluding hydrogens is 533 g/mol. The van der Waals surface area contributed by atoms with E-state index < -0.39 is 11.9 Å². The fourth-order valence-corrected chi connectivity index (χ4v) is 3.51. The van der Waals surface area contributed by atoms with Gasteiger partial charge < -0.3 is 14.2 Å². The molecular formula is C26H20INO5. The first kappa shape index (κ1) is 22.7. The number of hydrogen-bond acceptors (Lipinski definition) is 6. The molecule has 1 heterocycles. The number of cyclic esters (lactones) is 1. The van der Waals surface area contributed by atoms with Crippen molar-refractivity contribution in [2.24, 2.45) is 4.99 Å². The van der Waals surface area contributed by atoms with Gasteiger partial charge in [-0.05, 0) is 96.1 Å². The lowest BCUT2D eigenvalue weighted by atomic mass is 10.1. The van der Waals surface area contributed by atoms with Gasteiger partial charge in [-0.25, -0.2) is 14.6 Å². The average Bonchev–Trinajstić information content (AvgIpc) is 3.17. The summed E-state index contributed by atoms with van der Waals surface area (Å²) >= 11 is 2.25. The van der Waals surface area contributed by atoms with Crippen molar-refractivity contribution in [3.8, 4) is 11.5 Å². The molecule has 6 nitrogen and oxygen atoms in total. The number of benzene rings is 3. The molecule has 1 aliphatic heterocycles. The average molecular weight is 553 g/mol. The van der Waals surface area contributed by atoms with Gasteiger partial charge >= 0.3 is 11.9 Å². The van der Waals surface area contributed by atoms with Crippen LogP contribution in [-0.2, 0) is 9.53 Å². The molecule has 1 aliphatic rings. The molecule has 0 aliphatic carbocycles. The number of nitrogens with zero attached hydrogens (tertiary/aromatic N) is 1. The van der Waals surface area contributed by atoms with Gasteiger partial charge in [0.15, 0.2) is 17.2 Å². The molecule has 0 bridgehead atoms. The molecule has 7 heteroatoms. The summed E-state index contributed by atoms with van der Waals surface area (Å²) in [7, 11) is 1.48. The van der Waals surface area contributed by atoms with Crippen LogP contribution in [0, 0.1) is 17.4 Å². The Morgan fingerprint density at radius 3 is 2.45 bits per heavy atom. The lowest BCUT2D eigenvalue weighted by Gasteiger charge is -2.10. The number of rotatable bonds is 5. The molecule has 3 aromatic carbocycles. The second-order valence-electron chi connectivity index (χ2n) is 7.47. The van der Waals surface area contributed by atoms with E-state index in [-0.39, 0.29) is 17.3 Å². The van der Waals surface area contributed by atoms with E-state index in [9.17, 15) is 9.59 Å². The number of methoxy groups -OCH3 is 1. The number of halogens is 1. The van der Waals surface area contributed by atoms with E-state index in [0.29, 0.717) is 16.9 Å². The van der Waals surface area contributed by atoms with Gasteiger partial charge in [-0.2, -0.15) is 0 Å². The van der Waals surface area contributed by atoms with E-state index in [1.165, 1.54) is 7.11 Å². The highest BCUT2D eigenvalue weighted by molar-refractivity contribution is 14.1. The molecule has 0 saturated heterocycles. The number of ether oxygens (including phenoxy) is 3. The molecule has 0 fully saturated rings. The Morgan fingerprint density at radius 1 is 1.00 bits per heavy atom. The number of aryl methyl sites for hydroxylation is 2. The molecule has 0 radical (unpaired) electrons. The summed E-state index contributed by atoms with van der Waals surface area (Å²) in [6.45, 7) is 3.93. The van der Waals surface area contributed by atoms with Crippen LogP contribution in [0.25, 0.3) is 6.08 Å². The topological polar surface area (TPSA) is 74.2 Å². The van der Waals surface area contributed by atoms with Crippen molar-refractivity contribution >= 4 is 46.5 Å². The number of carbonyl (C=O) groups is 2. The van der Waals surface area contributed by atoms with Crippen molar-refractivity contribution in [1.82, 2.24) is 0 Å². The van der Waals surface area contributed by atoms with Gasteiger partial charge in [0.25, 0.3) is 0 Å². The Balaban J connectivity index is 1.57. The van der Waals surface area contributed by atoms with Gasteiger partial charge in [0, 0.05) is 9.13 Å². The molecule has 0 spiro atoms. The zero-order chi connectivity index (χ0) is 23.5. The Bertz CT molecular complexity index is 1310. The van der Waals surface area contributed by atoms with Crippen molar-refractivity contribution < 1.29 is 23.8 Å². The van der Waals surface area contributed by atoms with Crippen LogP contribution in [0.5, 0.6) is 11.5 Å². The lowest BCUT2D eigenvalue weighted by molar-refractivity contribution is -0.129. The Labute approximate surface area is 205 Å². The minimum atomic E-state index is -0.532. The summed E-state index contributed by atoms with van der Waals surface area (Å²) in [4.78, 5) is 29.2. The highest BCUT2D eigenvalue weighted by atomic mass is 127. The second-order valence-corrected chi connectivity index (χ2v) is 8.63. The first-order valence-corrected chi connectivity index (χ1v) is 11.2. The van der Waals surface area contributed by atoms with Gasteiger partial charge in [-0.15, -0.1) is 0 Å². The first-order valence-electron chi connectivity index (χ1n) is 10.1. The van der Waals surface area contributed by atoms with Crippen LogP contribution < -0.4 is 9.47 Å². The molecule has 0 amide bonds. The number of esters is 2. The SMILES string of the molecule is COc1cc(/C=C2\N=C(c3ccc(I)c(C)c3)OC2=O)ccc1OC(=O)c1ccc(C)cc1. The van der Waals surface area contributed by atoms with Crippen LogP contribution >= 0.6 is 22.6 Å². The maximum absolute atomic E-state index is 12.4. The van der Waals surface area contributed by atoms with Gasteiger partial charge in [-0.3, -0.25) is 0 Å². The maximum atomic E-state index is 12.4. The van der Waals surface area contributed by atoms with Crippen molar-refractivity contribution in [1.29, 1.82) is 0 Å². The van der Waals surface area contributed by atoms with Crippen LogP contribution in [0.3, 0.4) is 0 Å². The normalized spacial score (nSPS) is 14.1. The summed E-state index contributed by atoms with van der Waals surface area (Å²) < 4.78 is 17.4. The summed E-state index contributed by atoms with van der Waals surface area (Å²) in [5.74, 6) is -0.122. The monoisotopic (exact) mass is 553 g/mol. The third kappa shape index (κ3) is 5.14. The Kier molecular flexibility index (Phi) is 6.60. The van der Waals surface area contributed by atoms with Crippen molar-refractivity contribution in [3.63, 3.8) is 0 Å². The third-order valence-electron chi connectivity index (χ3n) is 5.01. The smallest absolute Gasteiger partial charge is 0.363 e. The summed E-state index contributed by atoms with van der Waals surface area (Å²) in [5, 5.41) is 0. The first-order chi connectivity index (χ1) is 15.8. The maximum Gasteiger partial charge on any atom is 0.363 e.